The van der Waals surface area contributed by atoms with Crippen LogP contribution in [0.2, 0.25) is 0 Å². The second-order valence-corrected chi connectivity index (χ2v) is 9.39. The van der Waals surface area contributed by atoms with E-state index in [-0.39, 0.29) is 18.2 Å². The minimum Gasteiger partial charge on any atom is -0.373 e. The normalized spacial score (nSPS) is 17.5. The first-order valence-electron chi connectivity index (χ1n) is 10.9. The minimum absolute atomic E-state index is 0.112. The first-order chi connectivity index (χ1) is 16.0. The number of ether oxygens (including phenoxy) is 1. The quantitative estimate of drug-likeness (QED) is 0.326. The van der Waals surface area contributed by atoms with E-state index in [0.717, 1.165) is 43.9 Å². The van der Waals surface area contributed by atoms with Gasteiger partial charge in [-0.3, -0.25) is 10.00 Å². The summed E-state index contributed by atoms with van der Waals surface area (Å²) in [6.07, 6.45) is 7.43. The number of urea groups is 1. The fourth-order valence-corrected chi connectivity index (χ4v) is 4.69. The monoisotopic (exact) mass is 553 g/mol. The number of aromatic nitrogens is 3. The van der Waals surface area contributed by atoms with Crippen molar-refractivity contribution >= 4 is 45.2 Å². The van der Waals surface area contributed by atoms with Gasteiger partial charge in [0.1, 0.15) is 5.82 Å². The fraction of sp³-hybridized carbons (Fsp3) is 0.240. The molecule has 7 nitrogen and oxygen atoms in total. The van der Waals surface area contributed by atoms with Crippen LogP contribution in [0.5, 0.6) is 0 Å². The molecular weight excluding hydrogens is 529 g/mol. The summed E-state index contributed by atoms with van der Waals surface area (Å²) >= 11 is 2.24. The zero-order chi connectivity index (χ0) is 22.8. The van der Waals surface area contributed by atoms with Crippen molar-refractivity contribution in [2.45, 2.75) is 31.6 Å². The Morgan fingerprint density at radius 1 is 1.15 bits per heavy atom. The van der Waals surface area contributed by atoms with Gasteiger partial charge in [-0.05, 0) is 52.6 Å². The van der Waals surface area contributed by atoms with Crippen molar-refractivity contribution in [2.75, 3.05) is 5.32 Å². The Morgan fingerprint density at radius 3 is 2.73 bits per heavy atom. The fourth-order valence-electron chi connectivity index (χ4n) is 3.95. The lowest BCUT2D eigenvalue weighted by atomic mass is 9.89. The van der Waals surface area contributed by atoms with Gasteiger partial charge in [0.05, 0.1) is 22.5 Å². The van der Waals surface area contributed by atoms with Crippen molar-refractivity contribution in [3.8, 4) is 11.1 Å². The summed E-state index contributed by atoms with van der Waals surface area (Å²) in [6.45, 7) is 0.602. The molecule has 0 radical (unpaired) electrons. The lowest BCUT2D eigenvalue weighted by Gasteiger charge is -2.35. The van der Waals surface area contributed by atoms with Gasteiger partial charge in [-0.1, -0.05) is 42.5 Å². The topological polar surface area (TPSA) is 81.1 Å². The second kappa shape index (κ2) is 9.48. The number of fused-ring (bicyclic) bond motifs is 1. The van der Waals surface area contributed by atoms with Gasteiger partial charge in [-0.25, -0.2) is 9.78 Å². The molecule has 0 unspecified atom stereocenters. The van der Waals surface area contributed by atoms with Gasteiger partial charge < -0.3 is 10.1 Å². The van der Waals surface area contributed by atoms with Crippen molar-refractivity contribution in [3.05, 3.63) is 76.3 Å². The summed E-state index contributed by atoms with van der Waals surface area (Å²) in [6, 6.07) is 16.2. The van der Waals surface area contributed by atoms with Crippen LogP contribution in [0, 0.1) is 3.57 Å². The minimum atomic E-state index is -0.241. The molecule has 0 aliphatic heterocycles. The van der Waals surface area contributed by atoms with Crippen LogP contribution < -0.4 is 10.6 Å². The number of benzene rings is 2. The van der Waals surface area contributed by atoms with Gasteiger partial charge in [0, 0.05) is 41.8 Å². The third-order valence-corrected chi connectivity index (χ3v) is 6.95. The molecule has 2 amide bonds. The SMILES string of the molecule is Cn1cc(-c2ccc3cnc(NC(=O)NC4CC(OCc5ccccc5)C4)c(I)c3c2)cn1. The standard InChI is InChI=1S/C25H24IN5O2/c1-31-14-19(13-28-31)17-7-8-18-12-27-24(23(26)22(18)9-17)30-25(32)29-20-10-21(11-20)33-15-16-5-3-2-4-6-16/h2-9,12-14,20-21H,10-11,15H2,1H3,(H2,27,29,30,32). The van der Waals surface area contributed by atoms with E-state index in [1.807, 2.05) is 43.7 Å². The maximum absolute atomic E-state index is 12.6. The summed E-state index contributed by atoms with van der Waals surface area (Å²) in [5.41, 5.74) is 3.29. The number of carbonyl (C=O) groups is 1. The predicted octanol–water partition coefficient (Wildman–Crippen LogP) is 5.11. The number of anilines is 1. The number of aryl methyl sites for hydroxylation is 1. The van der Waals surface area contributed by atoms with Crippen LogP contribution in [0.1, 0.15) is 18.4 Å². The lowest BCUT2D eigenvalue weighted by molar-refractivity contribution is -0.0237. The number of amides is 2. The van der Waals surface area contributed by atoms with E-state index >= 15 is 0 Å². The average molecular weight is 553 g/mol. The Bertz CT molecular complexity index is 1280. The Balaban J connectivity index is 1.18. The zero-order valence-electron chi connectivity index (χ0n) is 18.2. The predicted molar refractivity (Wildman–Crippen MR) is 137 cm³/mol. The first kappa shape index (κ1) is 21.8. The number of rotatable bonds is 6. The van der Waals surface area contributed by atoms with Crippen molar-refractivity contribution in [1.82, 2.24) is 20.1 Å². The molecule has 5 rings (SSSR count). The van der Waals surface area contributed by atoms with Crippen LogP contribution in [-0.2, 0) is 18.4 Å². The molecule has 0 saturated heterocycles. The molecule has 1 aliphatic carbocycles. The Kier molecular flexibility index (Phi) is 6.28. The highest BCUT2D eigenvalue weighted by atomic mass is 127. The first-order valence-corrected chi connectivity index (χ1v) is 11.9. The molecule has 1 aliphatic rings. The number of nitrogens with one attached hydrogen (secondary N) is 2. The lowest BCUT2D eigenvalue weighted by Crippen LogP contribution is -2.49. The van der Waals surface area contributed by atoms with Crippen LogP contribution in [0.15, 0.2) is 67.1 Å². The average Bonchev–Trinajstić information content (AvgIpc) is 3.24. The summed E-state index contributed by atoms with van der Waals surface area (Å²) in [4.78, 5) is 17.0. The molecule has 2 aromatic carbocycles. The largest absolute Gasteiger partial charge is 0.373 e. The van der Waals surface area contributed by atoms with E-state index in [4.69, 9.17) is 4.74 Å². The molecule has 1 fully saturated rings. The van der Waals surface area contributed by atoms with E-state index in [0.29, 0.717) is 12.4 Å². The molecule has 8 heteroatoms. The number of pyridine rings is 1. The maximum atomic E-state index is 12.6. The summed E-state index contributed by atoms with van der Waals surface area (Å²) in [5, 5.41) is 12.3. The zero-order valence-corrected chi connectivity index (χ0v) is 20.3. The number of hydrogen-bond acceptors (Lipinski definition) is 4. The van der Waals surface area contributed by atoms with Gasteiger partial charge in [-0.15, -0.1) is 0 Å². The van der Waals surface area contributed by atoms with Crippen molar-refractivity contribution in [1.29, 1.82) is 0 Å². The Labute approximate surface area is 205 Å². The van der Waals surface area contributed by atoms with Crippen molar-refractivity contribution < 1.29 is 9.53 Å². The molecular formula is C25H24IN5O2. The highest BCUT2D eigenvalue weighted by Gasteiger charge is 2.31. The van der Waals surface area contributed by atoms with Crippen LogP contribution in [0.25, 0.3) is 21.9 Å². The summed E-state index contributed by atoms with van der Waals surface area (Å²) < 4.78 is 8.61. The molecule has 0 spiro atoms. The van der Waals surface area contributed by atoms with E-state index < -0.39 is 0 Å². The molecule has 33 heavy (non-hydrogen) atoms. The smallest absolute Gasteiger partial charge is 0.320 e. The highest BCUT2D eigenvalue weighted by Crippen LogP contribution is 2.30. The third kappa shape index (κ3) is 5.01. The van der Waals surface area contributed by atoms with Crippen LogP contribution in [-0.4, -0.2) is 32.9 Å². The molecule has 168 valence electrons. The van der Waals surface area contributed by atoms with Gasteiger partial charge in [-0.2, -0.15) is 5.10 Å². The van der Waals surface area contributed by atoms with Crippen molar-refractivity contribution in [2.24, 2.45) is 7.05 Å². The molecule has 0 bridgehead atoms. The summed E-state index contributed by atoms with van der Waals surface area (Å²) in [5.74, 6) is 0.556. The summed E-state index contributed by atoms with van der Waals surface area (Å²) in [7, 11) is 1.90. The second-order valence-electron chi connectivity index (χ2n) is 8.31. The molecule has 2 N–H and O–H groups in total. The molecule has 4 aromatic rings. The highest BCUT2D eigenvalue weighted by molar-refractivity contribution is 14.1. The van der Waals surface area contributed by atoms with Gasteiger partial charge >= 0.3 is 6.03 Å². The Morgan fingerprint density at radius 2 is 1.97 bits per heavy atom. The van der Waals surface area contributed by atoms with E-state index in [2.05, 4.69) is 67.6 Å². The van der Waals surface area contributed by atoms with Crippen LogP contribution in [0.4, 0.5) is 10.6 Å². The van der Waals surface area contributed by atoms with Gasteiger partial charge in [0.25, 0.3) is 0 Å². The molecule has 2 heterocycles. The molecule has 0 atom stereocenters. The van der Waals surface area contributed by atoms with Crippen LogP contribution >= 0.6 is 22.6 Å². The number of nitrogens with zero attached hydrogens (tertiary/aromatic N) is 3. The van der Waals surface area contributed by atoms with E-state index in [1.165, 1.54) is 0 Å². The molecule has 1 saturated carbocycles. The van der Waals surface area contributed by atoms with Crippen molar-refractivity contribution in [3.63, 3.8) is 0 Å². The van der Waals surface area contributed by atoms with E-state index in [1.54, 1.807) is 10.9 Å². The third-order valence-electron chi connectivity index (χ3n) is 5.86. The molecule has 2 aromatic heterocycles. The maximum Gasteiger partial charge on any atom is 0.320 e. The van der Waals surface area contributed by atoms with E-state index in [9.17, 15) is 4.79 Å². The van der Waals surface area contributed by atoms with Gasteiger partial charge in [0.2, 0.25) is 0 Å². The van der Waals surface area contributed by atoms with Gasteiger partial charge in [0.15, 0.2) is 0 Å². The number of carbonyl (C=O) groups excluding carboxylic acids is 1. The number of hydrogen-bond donors (Lipinski definition) is 2. The number of halogens is 1. The van der Waals surface area contributed by atoms with Crippen LogP contribution in [0.3, 0.4) is 0 Å². The Hall–Kier alpha value is -2.98.